The van der Waals surface area contributed by atoms with Crippen molar-refractivity contribution in [2.45, 2.75) is 57.7 Å². The van der Waals surface area contributed by atoms with Gasteiger partial charge in [-0.15, -0.1) is 0 Å². The lowest BCUT2D eigenvalue weighted by Gasteiger charge is -2.32. The minimum atomic E-state index is -0.134. The number of nitrogens with two attached hydrogens (primary N) is 1. The Labute approximate surface area is 122 Å². The minimum Gasteiger partial charge on any atom is -0.496 e. The Morgan fingerprint density at radius 2 is 1.85 bits per heavy atom. The molecule has 2 N–H and O–H groups in total. The SMILES string of the molecule is COc1ccc(C)cc1COC1(CN)CCCCCC1. The molecule has 0 heterocycles. The lowest BCUT2D eigenvalue weighted by molar-refractivity contribution is -0.0607. The van der Waals surface area contributed by atoms with E-state index in [2.05, 4.69) is 19.1 Å². The van der Waals surface area contributed by atoms with Gasteiger partial charge in [-0.05, 0) is 25.8 Å². The summed E-state index contributed by atoms with van der Waals surface area (Å²) in [4.78, 5) is 0. The van der Waals surface area contributed by atoms with Crippen LogP contribution in [-0.2, 0) is 11.3 Å². The molecule has 0 saturated heterocycles. The summed E-state index contributed by atoms with van der Waals surface area (Å²) in [7, 11) is 1.71. The lowest BCUT2D eigenvalue weighted by Crippen LogP contribution is -2.40. The number of ether oxygens (including phenoxy) is 2. The van der Waals surface area contributed by atoms with Crippen molar-refractivity contribution in [1.82, 2.24) is 0 Å². The van der Waals surface area contributed by atoms with Gasteiger partial charge in [-0.2, -0.15) is 0 Å². The average molecular weight is 277 g/mol. The predicted molar refractivity (Wildman–Crippen MR) is 82.0 cm³/mol. The van der Waals surface area contributed by atoms with E-state index in [9.17, 15) is 0 Å². The Balaban J connectivity index is 2.07. The molecule has 1 aromatic carbocycles. The van der Waals surface area contributed by atoms with Crippen molar-refractivity contribution in [3.63, 3.8) is 0 Å². The van der Waals surface area contributed by atoms with E-state index in [-0.39, 0.29) is 5.60 Å². The molecule has 3 heteroatoms. The highest BCUT2D eigenvalue weighted by atomic mass is 16.5. The third-order valence-electron chi connectivity index (χ3n) is 4.36. The molecule has 1 aliphatic rings. The van der Waals surface area contributed by atoms with Gasteiger partial charge in [-0.25, -0.2) is 0 Å². The summed E-state index contributed by atoms with van der Waals surface area (Å²) in [5, 5.41) is 0. The number of methoxy groups -OCH3 is 1. The van der Waals surface area contributed by atoms with E-state index in [1.54, 1.807) is 7.11 Å². The molecule has 3 nitrogen and oxygen atoms in total. The highest BCUT2D eigenvalue weighted by Gasteiger charge is 2.30. The van der Waals surface area contributed by atoms with Crippen LogP contribution < -0.4 is 10.5 Å². The van der Waals surface area contributed by atoms with Gasteiger partial charge in [0.1, 0.15) is 5.75 Å². The van der Waals surface area contributed by atoms with Gasteiger partial charge in [0, 0.05) is 12.1 Å². The molecule has 0 aromatic heterocycles. The molecular formula is C17H27NO2. The zero-order valence-electron chi connectivity index (χ0n) is 12.8. The van der Waals surface area contributed by atoms with Gasteiger partial charge >= 0.3 is 0 Å². The van der Waals surface area contributed by atoms with Crippen LogP contribution in [0.2, 0.25) is 0 Å². The summed E-state index contributed by atoms with van der Waals surface area (Å²) in [6.45, 7) is 3.29. The number of hydrogen-bond acceptors (Lipinski definition) is 3. The van der Waals surface area contributed by atoms with Gasteiger partial charge < -0.3 is 15.2 Å². The van der Waals surface area contributed by atoms with Crippen molar-refractivity contribution in [2.75, 3.05) is 13.7 Å². The normalized spacial score (nSPS) is 18.6. The van der Waals surface area contributed by atoms with E-state index in [1.807, 2.05) is 6.07 Å². The first-order valence-electron chi connectivity index (χ1n) is 7.67. The maximum atomic E-state index is 6.28. The number of hydrogen-bond donors (Lipinski definition) is 1. The molecule has 1 fully saturated rings. The summed E-state index contributed by atoms with van der Waals surface area (Å²) >= 11 is 0. The quantitative estimate of drug-likeness (QED) is 0.837. The van der Waals surface area contributed by atoms with Gasteiger partial charge in [0.25, 0.3) is 0 Å². The maximum Gasteiger partial charge on any atom is 0.124 e. The van der Waals surface area contributed by atoms with Crippen molar-refractivity contribution in [3.05, 3.63) is 29.3 Å². The monoisotopic (exact) mass is 277 g/mol. The highest BCUT2D eigenvalue weighted by Crippen LogP contribution is 2.32. The Morgan fingerprint density at radius 3 is 2.45 bits per heavy atom. The molecule has 2 rings (SSSR count). The van der Waals surface area contributed by atoms with E-state index in [0.717, 1.165) is 24.2 Å². The largest absolute Gasteiger partial charge is 0.496 e. The third-order valence-corrected chi connectivity index (χ3v) is 4.36. The van der Waals surface area contributed by atoms with Crippen molar-refractivity contribution in [1.29, 1.82) is 0 Å². The van der Waals surface area contributed by atoms with Crippen LogP contribution in [0.5, 0.6) is 5.75 Å². The molecule has 1 saturated carbocycles. The maximum absolute atomic E-state index is 6.28. The summed E-state index contributed by atoms with van der Waals surface area (Å²) in [6, 6.07) is 6.21. The summed E-state index contributed by atoms with van der Waals surface area (Å²) < 4.78 is 11.7. The predicted octanol–water partition coefficient (Wildman–Crippen LogP) is 3.57. The van der Waals surface area contributed by atoms with Gasteiger partial charge in [-0.1, -0.05) is 43.4 Å². The first-order chi connectivity index (χ1) is 9.69. The molecule has 0 aliphatic heterocycles. The zero-order valence-corrected chi connectivity index (χ0v) is 12.8. The van der Waals surface area contributed by atoms with Crippen LogP contribution in [0.25, 0.3) is 0 Å². The molecule has 1 aliphatic carbocycles. The van der Waals surface area contributed by atoms with Crippen LogP contribution in [-0.4, -0.2) is 19.3 Å². The van der Waals surface area contributed by atoms with Gasteiger partial charge in [0.2, 0.25) is 0 Å². The Morgan fingerprint density at radius 1 is 1.15 bits per heavy atom. The van der Waals surface area contributed by atoms with Crippen LogP contribution in [0.15, 0.2) is 18.2 Å². The molecule has 20 heavy (non-hydrogen) atoms. The van der Waals surface area contributed by atoms with E-state index < -0.39 is 0 Å². The molecular weight excluding hydrogens is 250 g/mol. The van der Waals surface area contributed by atoms with Crippen LogP contribution in [0.1, 0.15) is 49.7 Å². The molecule has 0 bridgehead atoms. The van der Waals surface area contributed by atoms with E-state index in [0.29, 0.717) is 13.2 Å². The number of rotatable bonds is 5. The topological polar surface area (TPSA) is 44.5 Å². The minimum absolute atomic E-state index is 0.134. The van der Waals surface area contributed by atoms with E-state index >= 15 is 0 Å². The van der Waals surface area contributed by atoms with Crippen LogP contribution >= 0.6 is 0 Å². The molecule has 0 atom stereocenters. The lowest BCUT2D eigenvalue weighted by atomic mass is 9.94. The fourth-order valence-electron chi connectivity index (χ4n) is 3.03. The summed E-state index contributed by atoms with van der Waals surface area (Å²) in [5.41, 5.74) is 8.23. The molecule has 112 valence electrons. The first-order valence-corrected chi connectivity index (χ1v) is 7.67. The van der Waals surface area contributed by atoms with Crippen molar-refractivity contribution in [2.24, 2.45) is 5.73 Å². The highest BCUT2D eigenvalue weighted by molar-refractivity contribution is 5.36. The summed E-state index contributed by atoms with van der Waals surface area (Å²) in [5.74, 6) is 0.899. The van der Waals surface area contributed by atoms with Crippen molar-refractivity contribution >= 4 is 0 Å². The van der Waals surface area contributed by atoms with Crippen LogP contribution in [0.3, 0.4) is 0 Å². The smallest absolute Gasteiger partial charge is 0.124 e. The van der Waals surface area contributed by atoms with E-state index in [1.165, 1.54) is 31.2 Å². The van der Waals surface area contributed by atoms with Crippen LogP contribution in [0, 0.1) is 6.92 Å². The molecule has 0 radical (unpaired) electrons. The second kappa shape index (κ2) is 7.09. The number of aryl methyl sites for hydroxylation is 1. The molecule has 0 spiro atoms. The third kappa shape index (κ3) is 3.74. The van der Waals surface area contributed by atoms with Crippen molar-refractivity contribution < 1.29 is 9.47 Å². The zero-order chi connectivity index (χ0) is 14.4. The number of benzene rings is 1. The second-order valence-corrected chi connectivity index (χ2v) is 5.91. The molecule has 1 aromatic rings. The fraction of sp³-hybridized carbons (Fsp3) is 0.647. The van der Waals surface area contributed by atoms with Gasteiger partial charge in [-0.3, -0.25) is 0 Å². The average Bonchev–Trinajstić information content (AvgIpc) is 2.71. The standard InChI is InChI=1S/C17H27NO2/c1-14-7-8-16(19-2)15(11-14)12-20-17(13-18)9-5-3-4-6-10-17/h7-8,11H,3-6,9-10,12-13,18H2,1-2H3. The van der Waals surface area contributed by atoms with E-state index in [4.69, 9.17) is 15.2 Å². The molecule has 0 unspecified atom stereocenters. The Kier molecular flexibility index (Phi) is 5.44. The second-order valence-electron chi connectivity index (χ2n) is 5.91. The summed E-state index contributed by atoms with van der Waals surface area (Å²) in [6.07, 6.45) is 7.22. The first kappa shape index (κ1) is 15.3. The Hall–Kier alpha value is -1.06. The van der Waals surface area contributed by atoms with Gasteiger partial charge in [0.15, 0.2) is 0 Å². The van der Waals surface area contributed by atoms with Crippen molar-refractivity contribution in [3.8, 4) is 5.75 Å². The molecule has 0 amide bonds. The Bertz CT molecular complexity index is 423. The van der Waals surface area contributed by atoms with Gasteiger partial charge in [0.05, 0.1) is 19.3 Å². The van der Waals surface area contributed by atoms with Crippen LogP contribution in [0.4, 0.5) is 0 Å². The fourth-order valence-corrected chi connectivity index (χ4v) is 3.03.